The van der Waals surface area contributed by atoms with E-state index in [0.29, 0.717) is 49.4 Å². The average Bonchev–Trinajstić information content (AvgIpc) is 3.28. The van der Waals surface area contributed by atoms with Crippen LogP contribution in [0.5, 0.6) is 0 Å². The molecule has 0 saturated carbocycles. The molecule has 2 aliphatic heterocycles. The predicted octanol–water partition coefficient (Wildman–Crippen LogP) is 1.90. The molecule has 2 aromatic rings. The summed E-state index contributed by atoms with van der Waals surface area (Å²) in [6.07, 6.45) is 6.83. The van der Waals surface area contributed by atoms with Gasteiger partial charge in [0.15, 0.2) is 5.76 Å². The van der Waals surface area contributed by atoms with Gasteiger partial charge in [-0.05, 0) is 30.9 Å². The highest BCUT2D eigenvalue weighted by molar-refractivity contribution is 5.93. The maximum Gasteiger partial charge on any atom is 0.289 e. The van der Waals surface area contributed by atoms with Crippen LogP contribution in [0.25, 0.3) is 0 Å². The number of nitrogens with zero attached hydrogens (tertiary/aromatic N) is 5. The second-order valence-electron chi connectivity index (χ2n) is 7.50. The largest absolute Gasteiger partial charge is 0.459 e. The average molecular weight is 383 g/mol. The summed E-state index contributed by atoms with van der Waals surface area (Å²) in [6, 6.07) is 3.39. The van der Waals surface area contributed by atoms with E-state index in [1.54, 1.807) is 29.4 Å². The Hall–Kier alpha value is -2.90. The maximum atomic E-state index is 12.6. The van der Waals surface area contributed by atoms with E-state index in [0.717, 1.165) is 25.9 Å². The van der Waals surface area contributed by atoms with E-state index < -0.39 is 0 Å². The van der Waals surface area contributed by atoms with Crippen LogP contribution in [0.1, 0.15) is 40.7 Å². The number of furan rings is 1. The number of hydrogen-bond donors (Lipinski definition) is 0. The van der Waals surface area contributed by atoms with Crippen molar-refractivity contribution in [2.75, 3.05) is 44.2 Å². The lowest BCUT2D eigenvalue weighted by Gasteiger charge is -2.34. The van der Waals surface area contributed by atoms with Crippen LogP contribution in [0.15, 0.2) is 35.2 Å². The molecule has 28 heavy (non-hydrogen) atoms. The second kappa shape index (κ2) is 8.00. The summed E-state index contributed by atoms with van der Waals surface area (Å²) < 4.78 is 5.19. The van der Waals surface area contributed by atoms with Crippen LogP contribution in [0.4, 0.5) is 5.95 Å². The lowest BCUT2D eigenvalue weighted by Crippen LogP contribution is -2.49. The molecule has 0 spiro atoms. The smallest absolute Gasteiger partial charge is 0.289 e. The summed E-state index contributed by atoms with van der Waals surface area (Å²) in [6.45, 7) is 6.26. The van der Waals surface area contributed by atoms with Crippen molar-refractivity contribution in [1.82, 2.24) is 19.8 Å². The molecule has 0 aliphatic carbocycles. The Balaban J connectivity index is 1.33. The zero-order valence-electron chi connectivity index (χ0n) is 16.1. The third-order valence-electron chi connectivity index (χ3n) is 5.54. The quantitative estimate of drug-likeness (QED) is 0.805. The zero-order valence-corrected chi connectivity index (χ0v) is 16.1. The highest BCUT2D eigenvalue weighted by Gasteiger charge is 2.26. The minimum absolute atomic E-state index is 0.00677. The van der Waals surface area contributed by atoms with Crippen molar-refractivity contribution in [2.24, 2.45) is 5.92 Å². The van der Waals surface area contributed by atoms with Crippen LogP contribution in [-0.4, -0.2) is 70.9 Å². The van der Waals surface area contributed by atoms with Gasteiger partial charge in [-0.25, -0.2) is 9.97 Å². The number of amides is 2. The van der Waals surface area contributed by atoms with Gasteiger partial charge in [0.25, 0.3) is 11.8 Å². The molecule has 0 radical (unpaired) electrons. The Bertz CT molecular complexity index is 805. The SMILES string of the molecule is CC1CCN(C(=O)c2cnc(N3CCN(C(=O)c4ccco4)CC3)nc2)CC1. The Morgan fingerprint density at radius 1 is 0.964 bits per heavy atom. The molecule has 0 bridgehead atoms. The second-order valence-corrected chi connectivity index (χ2v) is 7.50. The van der Waals surface area contributed by atoms with Crippen molar-refractivity contribution in [1.29, 1.82) is 0 Å². The normalized spacial score (nSPS) is 18.4. The summed E-state index contributed by atoms with van der Waals surface area (Å²) in [7, 11) is 0. The number of likely N-dealkylation sites (tertiary alicyclic amines) is 1. The van der Waals surface area contributed by atoms with Crippen molar-refractivity contribution >= 4 is 17.8 Å². The molecule has 0 N–H and O–H groups in total. The lowest BCUT2D eigenvalue weighted by molar-refractivity contribution is 0.0692. The molecular formula is C20H25N5O3. The topological polar surface area (TPSA) is 82.8 Å². The van der Waals surface area contributed by atoms with Gasteiger partial charge < -0.3 is 19.1 Å². The third kappa shape index (κ3) is 3.85. The third-order valence-corrected chi connectivity index (χ3v) is 5.54. The standard InChI is InChI=1S/C20H25N5O3/c1-15-4-6-23(7-5-15)18(26)16-13-21-20(22-14-16)25-10-8-24(9-11-25)19(27)17-3-2-12-28-17/h2-3,12-15H,4-11H2,1H3. The van der Waals surface area contributed by atoms with Crippen LogP contribution in [0.2, 0.25) is 0 Å². The van der Waals surface area contributed by atoms with Crippen molar-refractivity contribution in [3.8, 4) is 0 Å². The van der Waals surface area contributed by atoms with E-state index in [1.807, 2.05) is 9.80 Å². The van der Waals surface area contributed by atoms with Gasteiger partial charge >= 0.3 is 0 Å². The monoisotopic (exact) mass is 383 g/mol. The molecule has 2 aliphatic rings. The summed E-state index contributed by atoms with van der Waals surface area (Å²) in [5.74, 6) is 1.55. The molecule has 8 heteroatoms. The number of carbonyl (C=O) groups excluding carboxylic acids is 2. The van der Waals surface area contributed by atoms with E-state index in [2.05, 4.69) is 16.9 Å². The number of anilines is 1. The first-order chi connectivity index (χ1) is 13.6. The first-order valence-electron chi connectivity index (χ1n) is 9.81. The summed E-state index contributed by atoms with van der Waals surface area (Å²) in [5.41, 5.74) is 0.532. The van der Waals surface area contributed by atoms with Gasteiger partial charge in [-0.1, -0.05) is 6.92 Å². The van der Waals surface area contributed by atoms with Crippen LogP contribution in [-0.2, 0) is 0 Å². The summed E-state index contributed by atoms with van der Waals surface area (Å²) in [4.78, 5) is 39.4. The fraction of sp³-hybridized carbons (Fsp3) is 0.500. The van der Waals surface area contributed by atoms with Crippen LogP contribution >= 0.6 is 0 Å². The van der Waals surface area contributed by atoms with Crippen molar-refractivity contribution < 1.29 is 14.0 Å². The Kier molecular flexibility index (Phi) is 5.27. The summed E-state index contributed by atoms with van der Waals surface area (Å²) >= 11 is 0. The highest BCUT2D eigenvalue weighted by atomic mass is 16.3. The molecule has 0 aromatic carbocycles. The number of piperazine rings is 1. The van der Waals surface area contributed by atoms with Crippen LogP contribution in [0.3, 0.4) is 0 Å². The Morgan fingerprint density at radius 2 is 1.61 bits per heavy atom. The molecule has 2 aromatic heterocycles. The van der Waals surface area contributed by atoms with E-state index in [4.69, 9.17) is 4.42 Å². The van der Waals surface area contributed by atoms with Gasteiger partial charge in [-0.2, -0.15) is 0 Å². The molecule has 0 unspecified atom stereocenters. The zero-order chi connectivity index (χ0) is 19.5. The summed E-state index contributed by atoms with van der Waals surface area (Å²) in [5, 5.41) is 0. The molecule has 148 valence electrons. The molecule has 4 heterocycles. The number of piperidine rings is 1. The molecular weight excluding hydrogens is 358 g/mol. The molecule has 0 atom stereocenters. The van der Waals surface area contributed by atoms with Crippen molar-refractivity contribution in [3.05, 3.63) is 42.1 Å². The number of hydrogen-bond acceptors (Lipinski definition) is 6. The van der Waals surface area contributed by atoms with Gasteiger partial charge in [-0.15, -0.1) is 0 Å². The van der Waals surface area contributed by atoms with Crippen molar-refractivity contribution in [2.45, 2.75) is 19.8 Å². The van der Waals surface area contributed by atoms with Crippen molar-refractivity contribution in [3.63, 3.8) is 0 Å². The van der Waals surface area contributed by atoms with E-state index in [-0.39, 0.29) is 11.8 Å². The van der Waals surface area contributed by atoms with Crippen LogP contribution < -0.4 is 4.90 Å². The van der Waals surface area contributed by atoms with Gasteiger partial charge in [0.05, 0.1) is 11.8 Å². The van der Waals surface area contributed by atoms with Gasteiger partial charge in [0, 0.05) is 51.7 Å². The molecule has 2 amide bonds. The number of rotatable bonds is 3. The minimum Gasteiger partial charge on any atom is -0.459 e. The fourth-order valence-corrected chi connectivity index (χ4v) is 3.65. The van der Waals surface area contributed by atoms with Gasteiger partial charge in [-0.3, -0.25) is 9.59 Å². The van der Waals surface area contributed by atoms with E-state index in [1.165, 1.54) is 6.26 Å². The van der Waals surface area contributed by atoms with E-state index in [9.17, 15) is 9.59 Å². The molecule has 4 rings (SSSR count). The molecule has 2 saturated heterocycles. The first kappa shape index (κ1) is 18.5. The van der Waals surface area contributed by atoms with Gasteiger partial charge in [0.2, 0.25) is 5.95 Å². The fourth-order valence-electron chi connectivity index (χ4n) is 3.65. The lowest BCUT2D eigenvalue weighted by atomic mass is 9.99. The number of carbonyl (C=O) groups is 2. The first-order valence-corrected chi connectivity index (χ1v) is 9.81. The van der Waals surface area contributed by atoms with Crippen LogP contribution in [0, 0.1) is 5.92 Å². The Labute approximate surface area is 164 Å². The highest BCUT2D eigenvalue weighted by Crippen LogP contribution is 2.19. The van der Waals surface area contributed by atoms with Gasteiger partial charge in [0.1, 0.15) is 0 Å². The maximum absolute atomic E-state index is 12.6. The Morgan fingerprint density at radius 3 is 2.21 bits per heavy atom. The molecule has 8 nitrogen and oxygen atoms in total. The van der Waals surface area contributed by atoms with E-state index >= 15 is 0 Å². The number of aromatic nitrogens is 2. The predicted molar refractivity (Wildman–Crippen MR) is 103 cm³/mol. The minimum atomic E-state index is -0.0950. The molecule has 2 fully saturated rings.